The molecule has 0 saturated carbocycles. The molecule has 0 spiro atoms. The lowest BCUT2D eigenvalue weighted by Crippen LogP contribution is -2.30. The van der Waals surface area contributed by atoms with Gasteiger partial charge in [0.1, 0.15) is 18.1 Å². The fraction of sp³-hybridized carbons (Fsp3) is 0.300. The molecule has 0 atom stereocenters. The summed E-state index contributed by atoms with van der Waals surface area (Å²) < 4.78 is 5.61. The zero-order valence-electron chi connectivity index (χ0n) is 7.10. The Hall–Kier alpha value is -0.960. The molecule has 2 nitrogen and oxygen atoms in total. The molecule has 1 aromatic rings. The molecule has 0 unspecified atom stereocenters. The second kappa shape index (κ2) is 3.83. The lowest BCUT2D eigenvalue weighted by molar-refractivity contribution is 0.112. The summed E-state index contributed by atoms with van der Waals surface area (Å²) in [5, 5.41) is 0. The molecule has 0 aliphatic carbocycles. The van der Waals surface area contributed by atoms with Crippen LogP contribution in [0, 0.1) is 0 Å². The lowest BCUT2D eigenvalue weighted by atomic mass is 10.2. The molecule has 0 bridgehead atoms. The smallest absolute Gasteiger partial charge is 0.150 e. The molecule has 3 heteroatoms. The average Bonchev–Trinajstić information content (AvgIpc) is 2.12. The van der Waals surface area contributed by atoms with Gasteiger partial charge in [-0.15, -0.1) is 0 Å². The SMILES string of the molecule is O=Cc1ccc(OC2CSC2)cc1. The molecular weight excluding hydrogens is 184 g/mol. The summed E-state index contributed by atoms with van der Waals surface area (Å²) in [6, 6.07) is 7.22. The number of aldehydes is 1. The quantitative estimate of drug-likeness (QED) is 0.688. The maximum absolute atomic E-state index is 10.4. The van der Waals surface area contributed by atoms with E-state index in [0.717, 1.165) is 23.5 Å². The van der Waals surface area contributed by atoms with Gasteiger partial charge in [-0.3, -0.25) is 4.79 Å². The Bertz CT molecular complexity index is 290. The van der Waals surface area contributed by atoms with E-state index in [0.29, 0.717) is 11.7 Å². The van der Waals surface area contributed by atoms with E-state index in [1.54, 1.807) is 12.1 Å². The highest BCUT2D eigenvalue weighted by molar-refractivity contribution is 8.00. The molecule has 1 heterocycles. The predicted molar refractivity (Wildman–Crippen MR) is 53.6 cm³/mol. The first-order valence-corrected chi connectivity index (χ1v) is 5.33. The van der Waals surface area contributed by atoms with Crippen molar-refractivity contribution < 1.29 is 9.53 Å². The molecule has 1 aromatic carbocycles. The van der Waals surface area contributed by atoms with Gasteiger partial charge in [0.15, 0.2) is 0 Å². The van der Waals surface area contributed by atoms with E-state index in [4.69, 9.17) is 4.74 Å². The van der Waals surface area contributed by atoms with Crippen LogP contribution < -0.4 is 4.74 Å². The first-order chi connectivity index (χ1) is 6.38. The van der Waals surface area contributed by atoms with E-state index in [9.17, 15) is 4.79 Å². The van der Waals surface area contributed by atoms with Crippen LogP contribution in [-0.2, 0) is 0 Å². The summed E-state index contributed by atoms with van der Waals surface area (Å²) in [4.78, 5) is 10.4. The van der Waals surface area contributed by atoms with Gasteiger partial charge in [-0.1, -0.05) is 0 Å². The molecule has 1 fully saturated rings. The van der Waals surface area contributed by atoms with E-state index in [1.165, 1.54) is 0 Å². The van der Waals surface area contributed by atoms with Crippen molar-refractivity contribution in [1.82, 2.24) is 0 Å². The molecule has 1 aliphatic rings. The van der Waals surface area contributed by atoms with Gasteiger partial charge in [-0.25, -0.2) is 0 Å². The van der Waals surface area contributed by atoms with E-state index >= 15 is 0 Å². The van der Waals surface area contributed by atoms with Gasteiger partial charge >= 0.3 is 0 Å². The molecular formula is C10H10O2S. The fourth-order valence-corrected chi connectivity index (χ4v) is 1.66. The van der Waals surface area contributed by atoms with Crippen LogP contribution in [0.25, 0.3) is 0 Å². The van der Waals surface area contributed by atoms with Gasteiger partial charge in [0.25, 0.3) is 0 Å². The summed E-state index contributed by atoms with van der Waals surface area (Å²) in [5.74, 6) is 3.01. The number of thioether (sulfide) groups is 1. The summed E-state index contributed by atoms with van der Waals surface area (Å²) in [6.45, 7) is 0. The number of carbonyl (C=O) groups is 1. The van der Waals surface area contributed by atoms with Crippen LogP contribution in [0.15, 0.2) is 24.3 Å². The van der Waals surface area contributed by atoms with Crippen molar-refractivity contribution in [3.8, 4) is 5.75 Å². The third-order valence-electron chi connectivity index (χ3n) is 1.93. The number of benzene rings is 1. The van der Waals surface area contributed by atoms with Crippen LogP contribution >= 0.6 is 11.8 Å². The monoisotopic (exact) mass is 194 g/mol. The number of hydrogen-bond donors (Lipinski definition) is 0. The van der Waals surface area contributed by atoms with Crippen molar-refractivity contribution >= 4 is 18.0 Å². The molecule has 0 amide bonds. The predicted octanol–water partition coefficient (Wildman–Crippen LogP) is 1.99. The second-order valence-corrected chi connectivity index (χ2v) is 4.04. The zero-order valence-corrected chi connectivity index (χ0v) is 7.92. The minimum Gasteiger partial charge on any atom is -0.489 e. The van der Waals surface area contributed by atoms with E-state index in [2.05, 4.69) is 0 Å². The Labute approximate surface area is 81.3 Å². The van der Waals surface area contributed by atoms with Crippen LogP contribution in [-0.4, -0.2) is 23.9 Å². The highest BCUT2D eigenvalue weighted by Gasteiger charge is 2.19. The molecule has 1 saturated heterocycles. The summed E-state index contributed by atoms with van der Waals surface area (Å²) >= 11 is 1.89. The van der Waals surface area contributed by atoms with Crippen molar-refractivity contribution in [3.63, 3.8) is 0 Å². The van der Waals surface area contributed by atoms with Gasteiger partial charge < -0.3 is 4.74 Å². The molecule has 13 heavy (non-hydrogen) atoms. The van der Waals surface area contributed by atoms with Crippen LogP contribution in [0.5, 0.6) is 5.75 Å². The van der Waals surface area contributed by atoms with Crippen molar-refractivity contribution in [2.24, 2.45) is 0 Å². The third kappa shape index (κ3) is 2.04. The third-order valence-corrected chi connectivity index (χ3v) is 3.14. The Kier molecular flexibility index (Phi) is 2.54. The molecule has 68 valence electrons. The Morgan fingerprint density at radius 1 is 1.31 bits per heavy atom. The topological polar surface area (TPSA) is 26.3 Å². The van der Waals surface area contributed by atoms with E-state index in [-0.39, 0.29) is 0 Å². The first-order valence-electron chi connectivity index (χ1n) is 4.18. The van der Waals surface area contributed by atoms with Gasteiger partial charge in [-0.2, -0.15) is 11.8 Å². The van der Waals surface area contributed by atoms with Gasteiger partial charge in [0.05, 0.1) is 0 Å². The fourth-order valence-electron chi connectivity index (χ4n) is 1.10. The van der Waals surface area contributed by atoms with Crippen molar-refractivity contribution in [2.45, 2.75) is 6.10 Å². The Morgan fingerprint density at radius 3 is 2.46 bits per heavy atom. The Balaban J connectivity index is 2.00. The van der Waals surface area contributed by atoms with Crippen LogP contribution in [0.2, 0.25) is 0 Å². The highest BCUT2D eigenvalue weighted by atomic mass is 32.2. The minimum absolute atomic E-state index is 0.368. The zero-order chi connectivity index (χ0) is 9.10. The van der Waals surface area contributed by atoms with Crippen LogP contribution in [0.3, 0.4) is 0 Å². The largest absolute Gasteiger partial charge is 0.489 e. The van der Waals surface area contributed by atoms with E-state index in [1.807, 2.05) is 23.9 Å². The van der Waals surface area contributed by atoms with Crippen LogP contribution in [0.4, 0.5) is 0 Å². The maximum atomic E-state index is 10.4. The van der Waals surface area contributed by atoms with Gasteiger partial charge in [0.2, 0.25) is 0 Å². The normalized spacial score (nSPS) is 16.3. The molecule has 0 radical (unpaired) electrons. The van der Waals surface area contributed by atoms with Gasteiger partial charge in [-0.05, 0) is 24.3 Å². The van der Waals surface area contributed by atoms with Crippen molar-refractivity contribution in [2.75, 3.05) is 11.5 Å². The molecule has 0 N–H and O–H groups in total. The lowest BCUT2D eigenvalue weighted by Gasteiger charge is -2.25. The molecule has 2 rings (SSSR count). The second-order valence-electron chi connectivity index (χ2n) is 2.96. The summed E-state index contributed by atoms with van der Waals surface area (Å²) in [7, 11) is 0. The number of ether oxygens (including phenoxy) is 1. The van der Waals surface area contributed by atoms with Crippen molar-refractivity contribution in [3.05, 3.63) is 29.8 Å². The summed E-state index contributed by atoms with van der Waals surface area (Å²) in [6.07, 6.45) is 1.20. The van der Waals surface area contributed by atoms with Crippen LogP contribution in [0.1, 0.15) is 10.4 Å². The average molecular weight is 194 g/mol. The number of rotatable bonds is 3. The molecule has 1 aliphatic heterocycles. The Morgan fingerprint density at radius 2 is 2.00 bits per heavy atom. The maximum Gasteiger partial charge on any atom is 0.150 e. The van der Waals surface area contributed by atoms with E-state index < -0.39 is 0 Å². The number of carbonyl (C=O) groups excluding carboxylic acids is 1. The van der Waals surface area contributed by atoms with Gasteiger partial charge in [0, 0.05) is 17.1 Å². The minimum atomic E-state index is 0.368. The van der Waals surface area contributed by atoms with Crippen molar-refractivity contribution in [1.29, 1.82) is 0 Å². The molecule has 0 aromatic heterocycles. The first kappa shape index (κ1) is 8.63. The summed E-state index contributed by atoms with van der Waals surface area (Å²) in [5.41, 5.74) is 0.690. The standard InChI is InChI=1S/C10H10O2S/c11-5-8-1-3-9(4-2-8)12-10-6-13-7-10/h1-5,10H,6-7H2. The highest BCUT2D eigenvalue weighted by Crippen LogP contribution is 2.23. The number of hydrogen-bond acceptors (Lipinski definition) is 3.